The number of nitrogens with zero attached hydrogens (tertiary/aromatic N) is 2. The Hall–Kier alpha value is -0.880. The summed E-state index contributed by atoms with van der Waals surface area (Å²) in [6, 6.07) is 3.55. The summed E-state index contributed by atoms with van der Waals surface area (Å²) in [4.78, 5) is 83.4. The van der Waals surface area contributed by atoms with E-state index < -0.39 is 46.4 Å². The molecular formula is C62H84N2Na3O20P3. The van der Waals surface area contributed by atoms with Crippen LogP contribution in [0.3, 0.4) is 0 Å². The van der Waals surface area contributed by atoms with Crippen LogP contribution in [-0.2, 0) is 46.2 Å². The number of ketones is 3. The molecule has 28 heteroatoms. The molecule has 12 aliphatic rings. The average Bonchev–Trinajstić information content (AvgIpc) is 1.70. The molecule has 12 rings (SSSR count). The van der Waals surface area contributed by atoms with Crippen LogP contribution in [0.5, 0.6) is 0 Å². The number of carbonyl (C=O) groups is 3. The Balaban J connectivity index is 0.000000264. The molecule has 12 aliphatic carbocycles. The summed E-state index contributed by atoms with van der Waals surface area (Å²) in [5.41, 5.74) is -1.06. The second-order valence-corrected chi connectivity index (χ2v) is 30.1. The molecule has 90 heavy (non-hydrogen) atoms. The molecule has 0 saturated heterocycles. The molecule has 480 valence electrons. The van der Waals surface area contributed by atoms with Crippen LogP contribution in [0.4, 0.5) is 0 Å². The van der Waals surface area contributed by atoms with Crippen LogP contribution >= 0.6 is 23.5 Å². The van der Waals surface area contributed by atoms with Gasteiger partial charge in [-0.25, -0.2) is 9.13 Å². The van der Waals surface area contributed by atoms with Crippen molar-refractivity contribution in [3.05, 3.63) is 71.4 Å². The van der Waals surface area contributed by atoms with Crippen molar-refractivity contribution < 1.29 is 187 Å². The number of aliphatic hydroxyl groups excluding tert-OH is 1. The Morgan fingerprint density at radius 2 is 0.900 bits per heavy atom. The van der Waals surface area contributed by atoms with Crippen molar-refractivity contribution >= 4 is 40.8 Å². The molecular weight excluding hydrogens is 1250 g/mol. The number of phosphoric acid groups is 3. The van der Waals surface area contributed by atoms with E-state index in [9.17, 15) is 63.2 Å². The van der Waals surface area contributed by atoms with E-state index >= 15 is 0 Å². The van der Waals surface area contributed by atoms with Crippen LogP contribution in [0.2, 0.25) is 0 Å². The van der Waals surface area contributed by atoms with Gasteiger partial charge in [0.05, 0.1) is 64.3 Å². The third-order valence-corrected chi connectivity index (χ3v) is 24.5. The van der Waals surface area contributed by atoms with E-state index in [4.69, 9.17) is 35.3 Å². The first kappa shape index (κ1) is 79.8. The SMILES string of the molecule is C[C@]12CCC3C(CCC4=CC(=O)C=C[C@@]43O)C1CCC2O.C[C@]12CCC3C(CCC4=CC(=O)C=C[C@@]43O)C1CCC2OP(=O)(O)OCCC#N.C[C@]12CCC3C(CCC4=CC(=O)C=C[C@@]43O)C1CCC2OP(=O)([O-])[O-].N#CCCOP(=O)(O)O.[2H]C#C.[Na+].[Na+].[Na+].[OH-]. The molecule has 0 radical (unpaired) electrons. The summed E-state index contributed by atoms with van der Waals surface area (Å²) in [7, 11) is -13.6. The summed E-state index contributed by atoms with van der Waals surface area (Å²) in [5, 5.41) is 60.7. The minimum absolute atomic E-state index is 0. The smallest absolute Gasteiger partial charge is 0.870 e. The number of phosphoric ester groups is 3. The van der Waals surface area contributed by atoms with Gasteiger partial charge >= 0.3 is 104 Å². The number of hydrogen-bond donors (Lipinski definition) is 7. The van der Waals surface area contributed by atoms with Gasteiger partial charge in [0, 0.05) is 0 Å². The molecule has 0 spiro atoms. The van der Waals surface area contributed by atoms with Crippen molar-refractivity contribution in [2.24, 2.45) is 69.5 Å². The van der Waals surface area contributed by atoms with E-state index in [1.807, 2.05) is 13.0 Å². The maximum Gasteiger partial charge on any atom is 1.00 e. The zero-order chi connectivity index (χ0) is 63.8. The first-order chi connectivity index (χ1) is 40.8. The Bertz CT molecular complexity index is 3140. The number of terminal acetylenes is 1. The molecule has 0 aromatic heterocycles. The Kier molecular flexibility index (Phi) is 28.6. The zero-order valence-electron chi connectivity index (χ0n) is 53.5. The third-order valence-electron chi connectivity index (χ3n) is 22.5. The summed E-state index contributed by atoms with van der Waals surface area (Å²) in [6.45, 7) is 6.03. The molecule has 22 nitrogen and oxygen atoms in total. The number of fused-ring (bicyclic) bond motifs is 15. The topological polar surface area (TPSA) is 405 Å². The minimum Gasteiger partial charge on any atom is -0.870 e. The van der Waals surface area contributed by atoms with Crippen molar-refractivity contribution in [3.63, 3.8) is 0 Å². The normalized spacial score (nSPS) is 39.9. The van der Waals surface area contributed by atoms with E-state index in [0.29, 0.717) is 43.9 Å². The fourth-order valence-corrected chi connectivity index (χ4v) is 20.6. The Morgan fingerprint density at radius 3 is 1.26 bits per heavy atom. The number of allylic oxidation sites excluding steroid dienone is 6. The number of carbonyl (C=O) groups excluding carboxylic acids is 3. The van der Waals surface area contributed by atoms with Crippen LogP contribution in [0, 0.1) is 105 Å². The van der Waals surface area contributed by atoms with Gasteiger partial charge in [-0.05, 0) is 256 Å². The molecule has 0 aliphatic heterocycles. The van der Waals surface area contributed by atoms with Crippen LogP contribution in [0.15, 0.2) is 71.4 Å². The molecule has 19 atom stereocenters. The number of rotatable bonds is 10. The second kappa shape index (κ2) is 32.2. The van der Waals surface area contributed by atoms with Crippen LogP contribution in [-0.4, -0.2) is 106 Å². The molecule has 8 N–H and O–H groups in total. The summed E-state index contributed by atoms with van der Waals surface area (Å²) >= 11 is 0. The van der Waals surface area contributed by atoms with Crippen molar-refractivity contribution in [2.45, 2.75) is 184 Å². The Morgan fingerprint density at radius 1 is 0.567 bits per heavy atom. The van der Waals surface area contributed by atoms with E-state index in [1.54, 1.807) is 42.5 Å². The molecule has 0 aromatic rings. The predicted octanol–water partition coefficient (Wildman–Crippen LogP) is -1.86. The maximum atomic E-state index is 12.3. The molecule has 0 heterocycles. The van der Waals surface area contributed by atoms with Gasteiger partial charge in [0.25, 0.3) is 0 Å². The van der Waals surface area contributed by atoms with Gasteiger partial charge in [-0.3, -0.25) is 28.0 Å². The van der Waals surface area contributed by atoms with Crippen molar-refractivity contribution in [1.29, 1.82) is 10.5 Å². The van der Waals surface area contributed by atoms with Crippen LogP contribution < -0.4 is 98.5 Å². The van der Waals surface area contributed by atoms with Crippen LogP contribution in [0.1, 0.15) is 151 Å². The summed E-state index contributed by atoms with van der Waals surface area (Å²) in [6.07, 6.45) is 33.8. The predicted molar refractivity (Wildman–Crippen MR) is 310 cm³/mol. The fraction of sp³-hybridized carbons (Fsp3) is 0.694. The summed E-state index contributed by atoms with van der Waals surface area (Å²) in [5.74, 6) is 2.17. The molecule has 9 saturated carbocycles. The number of nitriles is 2. The first-order valence-electron chi connectivity index (χ1n) is 30.6. The van der Waals surface area contributed by atoms with Crippen molar-refractivity contribution in [3.8, 4) is 25.0 Å². The molecule has 0 aromatic carbocycles. The molecule has 13 unspecified atom stereocenters. The van der Waals surface area contributed by atoms with Crippen LogP contribution in [0.25, 0.3) is 0 Å². The van der Waals surface area contributed by atoms with E-state index in [1.165, 1.54) is 24.6 Å². The van der Waals surface area contributed by atoms with Crippen molar-refractivity contribution in [1.82, 2.24) is 0 Å². The van der Waals surface area contributed by atoms with E-state index in [2.05, 4.69) is 24.8 Å². The minimum atomic E-state index is -5.01. The maximum absolute atomic E-state index is 12.3. The van der Waals surface area contributed by atoms with Gasteiger partial charge in [0.15, 0.2) is 17.3 Å². The number of aliphatic hydroxyl groups is 4. The Labute approximate surface area is 595 Å². The molecule has 9 fully saturated rings. The monoisotopic (exact) mass is 1340 g/mol. The van der Waals surface area contributed by atoms with E-state index in [0.717, 1.165) is 100 Å². The first-order valence-corrected chi connectivity index (χ1v) is 34.6. The molecule has 0 bridgehead atoms. The van der Waals surface area contributed by atoms with Gasteiger partial charge in [-0.15, -0.1) is 12.8 Å². The standard InChI is InChI=1S/C21H28NO6P.C18H25O6P.C18H24O3.C3H6NO4P.C2H2.3Na.H2O/c1-20-9-8-18-16(4-3-14-13-15(23)7-10-21(14,18)24)17(20)5-6-19(20)28-29(25,26)27-12-2-11-22;1-17-8-7-15-13(14(17)4-5-16(17)24-25(21,22)23)3-2-11-10-12(19)6-9-18(11,15)20;1-17-8-7-15-13(14(17)4-5-16(17)20)3-2-11-10-12(19)6-9-18(11,15)21;4-2-1-3-8-9(5,6)7;1-2;;;;/h7,10,13,16-19,24H,2-6,8-9,12H2,1H3,(H,25,26);6,9-10,13-16,20H,2-5,7-8H2,1H3,(H2,21,22,23);6,9-10,13-16,20-21H,2-5,7-8H2,1H3;1,3H2,(H2,5,6,7);1-2H;;;;1H2/q;;;;;3*+1;/p-3/t16?,17?,18?,19?,20-,21+;2*13?,14?,15?,16?,17-,18+;;;;;;/m000....../s1/i;;;;1D;;;;. The number of hydrogen-bond acceptors (Lipinski definition) is 19. The van der Waals surface area contributed by atoms with Gasteiger partial charge < -0.3 is 59.5 Å². The summed E-state index contributed by atoms with van der Waals surface area (Å²) < 4.78 is 58.4. The zero-order valence-corrected chi connectivity index (χ0v) is 61.2. The average molecular weight is 1340 g/mol. The molecule has 0 amide bonds. The van der Waals surface area contributed by atoms with Gasteiger partial charge in [0.1, 0.15) is 18.2 Å². The quantitative estimate of drug-likeness (QED) is 0.0546. The van der Waals surface area contributed by atoms with Crippen molar-refractivity contribution in [2.75, 3.05) is 13.2 Å². The fourth-order valence-electron chi connectivity index (χ4n) is 18.5. The third kappa shape index (κ3) is 17.0. The van der Waals surface area contributed by atoms with Gasteiger partial charge in [-0.2, -0.15) is 10.5 Å². The largest absolute Gasteiger partial charge is 1.00 e. The van der Waals surface area contributed by atoms with Gasteiger partial charge in [0.2, 0.25) is 0 Å². The van der Waals surface area contributed by atoms with E-state index in [-0.39, 0.29) is 207 Å². The van der Waals surface area contributed by atoms with Gasteiger partial charge in [-0.1, -0.05) is 20.8 Å². The second-order valence-electron chi connectivity index (χ2n) is 26.4.